The molecule has 8 heteroatoms. The molecule has 0 atom stereocenters. The molecular formula is C23H26N4O3S. The maximum atomic E-state index is 13.0. The van der Waals surface area contributed by atoms with Gasteiger partial charge in [-0.2, -0.15) is 4.31 Å². The Morgan fingerprint density at radius 1 is 0.968 bits per heavy atom. The van der Waals surface area contributed by atoms with Gasteiger partial charge in [-0.15, -0.1) is 0 Å². The van der Waals surface area contributed by atoms with Gasteiger partial charge < -0.3 is 4.57 Å². The second-order valence-corrected chi connectivity index (χ2v) is 9.58. The van der Waals surface area contributed by atoms with Crippen LogP contribution in [0.5, 0.6) is 0 Å². The highest BCUT2D eigenvalue weighted by molar-refractivity contribution is 7.89. The van der Waals surface area contributed by atoms with Crippen LogP contribution in [0.1, 0.15) is 17.3 Å². The Morgan fingerprint density at radius 2 is 1.71 bits per heavy atom. The summed E-state index contributed by atoms with van der Waals surface area (Å²) in [4.78, 5) is 18.5. The molecule has 4 rings (SSSR count). The molecule has 1 fully saturated rings. The summed E-state index contributed by atoms with van der Waals surface area (Å²) in [5.41, 5.74) is 1.49. The summed E-state index contributed by atoms with van der Waals surface area (Å²) < 4.78 is 29.6. The maximum absolute atomic E-state index is 13.0. The van der Waals surface area contributed by atoms with Crippen LogP contribution in [-0.2, 0) is 16.6 Å². The SMILES string of the molecule is CC(=O)c1cccc(S(=O)(=O)N2CCN(CCn3ccnc3-c3ccccc3)CC2)c1. The number of hydrogen-bond acceptors (Lipinski definition) is 5. The van der Waals surface area contributed by atoms with Gasteiger partial charge in [0.15, 0.2) is 5.78 Å². The third-order valence-corrected chi connectivity index (χ3v) is 7.51. The largest absolute Gasteiger partial charge is 0.330 e. The molecule has 1 aliphatic heterocycles. The van der Waals surface area contributed by atoms with E-state index in [0.717, 1.165) is 24.5 Å². The van der Waals surface area contributed by atoms with E-state index < -0.39 is 10.0 Å². The fourth-order valence-corrected chi connectivity index (χ4v) is 5.27. The summed E-state index contributed by atoms with van der Waals surface area (Å²) >= 11 is 0. The number of carbonyl (C=O) groups is 1. The third kappa shape index (κ3) is 4.76. The van der Waals surface area contributed by atoms with Crippen molar-refractivity contribution in [3.63, 3.8) is 0 Å². The third-order valence-electron chi connectivity index (χ3n) is 5.61. The highest BCUT2D eigenvalue weighted by Gasteiger charge is 2.28. The zero-order valence-electron chi connectivity index (χ0n) is 17.5. The number of piperazine rings is 1. The number of sulfonamides is 1. The fraction of sp³-hybridized carbons (Fsp3) is 0.304. The van der Waals surface area contributed by atoms with Crippen molar-refractivity contribution >= 4 is 15.8 Å². The van der Waals surface area contributed by atoms with Gasteiger partial charge in [-0.05, 0) is 19.1 Å². The molecule has 1 aliphatic rings. The van der Waals surface area contributed by atoms with Crippen molar-refractivity contribution in [3.8, 4) is 11.4 Å². The highest BCUT2D eigenvalue weighted by atomic mass is 32.2. The van der Waals surface area contributed by atoms with E-state index in [0.29, 0.717) is 31.7 Å². The number of Topliss-reactive ketones (excluding diaryl/α,β-unsaturated/α-hetero) is 1. The predicted molar refractivity (Wildman–Crippen MR) is 119 cm³/mol. The molecular weight excluding hydrogens is 412 g/mol. The molecule has 2 aromatic carbocycles. The molecule has 2 heterocycles. The lowest BCUT2D eigenvalue weighted by Gasteiger charge is -2.34. The summed E-state index contributed by atoms with van der Waals surface area (Å²) in [6, 6.07) is 16.4. The highest BCUT2D eigenvalue weighted by Crippen LogP contribution is 2.20. The quantitative estimate of drug-likeness (QED) is 0.530. The first-order chi connectivity index (χ1) is 14.9. The van der Waals surface area contributed by atoms with Gasteiger partial charge >= 0.3 is 0 Å². The number of hydrogen-bond donors (Lipinski definition) is 0. The molecule has 0 unspecified atom stereocenters. The van der Waals surface area contributed by atoms with Crippen LogP contribution in [0.15, 0.2) is 71.9 Å². The Morgan fingerprint density at radius 3 is 2.42 bits per heavy atom. The van der Waals surface area contributed by atoms with Crippen LogP contribution >= 0.6 is 0 Å². The second kappa shape index (κ2) is 9.13. The fourth-order valence-electron chi connectivity index (χ4n) is 3.80. The molecule has 0 radical (unpaired) electrons. The molecule has 0 spiro atoms. The Hall–Kier alpha value is -2.81. The van der Waals surface area contributed by atoms with E-state index in [1.807, 2.05) is 42.7 Å². The number of imidazole rings is 1. The number of carbonyl (C=O) groups excluding carboxylic acids is 1. The minimum atomic E-state index is -3.60. The molecule has 0 aliphatic carbocycles. The van der Waals surface area contributed by atoms with Crippen molar-refractivity contribution in [2.24, 2.45) is 0 Å². The van der Waals surface area contributed by atoms with Crippen LogP contribution in [0.4, 0.5) is 0 Å². The number of benzene rings is 2. The maximum Gasteiger partial charge on any atom is 0.243 e. The molecule has 0 bridgehead atoms. The van der Waals surface area contributed by atoms with E-state index >= 15 is 0 Å². The standard InChI is InChI=1S/C23H26N4O3S/c1-19(28)21-8-5-9-22(18-21)31(29,30)27-16-13-25(14-17-27)12-15-26-11-10-24-23(26)20-6-3-2-4-7-20/h2-11,18H,12-17H2,1H3. The predicted octanol–water partition coefficient (Wildman–Crippen LogP) is 2.76. The summed E-state index contributed by atoms with van der Waals surface area (Å²) in [6.07, 6.45) is 3.78. The minimum Gasteiger partial charge on any atom is -0.330 e. The molecule has 0 amide bonds. The number of ketones is 1. The molecule has 1 saturated heterocycles. The molecule has 0 saturated carbocycles. The van der Waals surface area contributed by atoms with Crippen LogP contribution in [0, 0.1) is 0 Å². The normalized spacial score (nSPS) is 15.8. The van der Waals surface area contributed by atoms with Crippen molar-refractivity contribution in [1.29, 1.82) is 0 Å². The Balaban J connectivity index is 1.36. The van der Waals surface area contributed by atoms with E-state index in [2.05, 4.69) is 14.5 Å². The summed E-state index contributed by atoms with van der Waals surface area (Å²) in [5.74, 6) is 0.795. The molecule has 31 heavy (non-hydrogen) atoms. The smallest absolute Gasteiger partial charge is 0.243 e. The van der Waals surface area contributed by atoms with Crippen molar-refractivity contribution in [1.82, 2.24) is 18.8 Å². The van der Waals surface area contributed by atoms with Gasteiger partial charge in [-0.1, -0.05) is 42.5 Å². The van der Waals surface area contributed by atoms with Gasteiger partial charge in [-0.3, -0.25) is 9.69 Å². The second-order valence-electron chi connectivity index (χ2n) is 7.64. The topological polar surface area (TPSA) is 75.5 Å². The summed E-state index contributed by atoms with van der Waals surface area (Å²) in [5, 5.41) is 0. The Kier molecular flexibility index (Phi) is 6.31. The average molecular weight is 439 g/mol. The van der Waals surface area contributed by atoms with E-state index in [4.69, 9.17) is 0 Å². The monoisotopic (exact) mass is 438 g/mol. The summed E-state index contributed by atoms with van der Waals surface area (Å²) in [7, 11) is -3.60. The first kappa shape index (κ1) is 21.4. The van der Waals surface area contributed by atoms with Gasteiger partial charge in [0.1, 0.15) is 5.82 Å². The lowest BCUT2D eigenvalue weighted by molar-refractivity contribution is 0.101. The molecule has 162 valence electrons. The number of nitrogens with zero attached hydrogens (tertiary/aromatic N) is 4. The lowest BCUT2D eigenvalue weighted by atomic mass is 10.2. The molecule has 1 aromatic heterocycles. The minimum absolute atomic E-state index is 0.142. The molecule has 7 nitrogen and oxygen atoms in total. The first-order valence-corrected chi connectivity index (χ1v) is 11.8. The van der Waals surface area contributed by atoms with Crippen LogP contribution in [0.3, 0.4) is 0 Å². The summed E-state index contributed by atoms with van der Waals surface area (Å²) in [6.45, 7) is 5.25. The van der Waals surface area contributed by atoms with Crippen LogP contribution < -0.4 is 0 Å². The van der Waals surface area contributed by atoms with E-state index in [1.165, 1.54) is 17.3 Å². The van der Waals surface area contributed by atoms with Crippen molar-refractivity contribution in [2.75, 3.05) is 32.7 Å². The van der Waals surface area contributed by atoms with Crippen molar-refractivity contribution in [3.05, 3.63) is 72.6 Å². The van der Waals surface area contributed by atoms with Crippen LogP contribution in [-0.4, -0.2) is 65.7 Å². The lowest BCUT2D eigenvalue weighted by Crippen LogP contribution is -2.49. The molecule has 3 aromatic rings. The van der Waals surface area contributed by atoms with Gasteiger partial charge in [-0.25, -0.2) is 13.4 Å². The number of rotatable bonds is 7. The van der Waals surface area contributed by atoms with Gasteiger partial charge in [0.25, 0.3) is 0 Å². The number of aromatic nitrogens is 2. The average Bonchev–Trinajstić information content (AvgIpc) is 3.27. The van der Waals surface area contributed by atoms with Crippen molar-refractivity contribution in [2.45, 2.75) is 18.4 Å². The first-order valence-electron chi connectivity index (χ1n) is 10.4. The van der Waals surface area contributed by atoms with Gasteiger partial charge in [0.2, 0.25) is 10.0 Å². The Bertz CT molecular complexity index is 1150. The van der Waals surface area contributed by atoms with Gasteiger partial charge in [0.05, 0.1) is 4.90 Å². The van der Waals surface area contributed by atoms with E-state index in [1.54, 1.807) is 18.2 Å². The van der Waals surface area contributed by atoms with Crippen molar-refractivity contribution < 1.29 is 13.2 Å². The van der Waals surface area contributed by atoms with E-state index in [-0.39, 0.29) is 10.7 Å². The van der Waals surface area contributed by atoms with Gasteiger partial charge in [0, 0.05) is 62.8 Å². The zero-order chi connectivity index (χ0) is 21.8. The van der Waals surface area contributed by atoms with Crippen LogP contribution in [0.25, 0.3) is 11.4 Å². The van der Waals surface area contributed by atoms with Crippen LogP contribution in [0.2, 0.25) is 0 Å². The molecule has 0 N–H and O–H groups in total. The zero-order valence-corrected chi connectivity index (χ0v) is 18.3. The Labute approximate surface area is 183 Å². The van der Waals surface area contributed by atoms with E-state index in [9.17, 15) is 13.2 Å².